The molecule has 0 heterocycles. The molecule has 2 unspecified atom stereocenters. The fraction of sp³-hybridized carbons (Fsp3) is 0.571. The van der Waals surface area contributed by atoms with Crippen LogP contribution in [0.15, 0.2) is 24.3 Å². The molecule has 20 heavy (non-hydrogen) atoms. The average Bonchev–Trinajstić information content (AvgIpc) is 2.37. The van der Waals surface area contributed by atoms with E-state index in [2.05, 4.69) is 0 Å². The SMILES string of the molecule is COCC(C)N(C)CC(N)c1ccccc1C(F)(F)F. The maximum atomic E-state index is 12.9. The van der Waals surface area contributed by atoms with Crippen LogP contribution in [0.4, 0.5) is 13.2 Å². The normalized spacial score (nSPS) is 15.4. The summed E-state index contributed by atoms with van der Waals surface area (Å²) in [6.45, 7) is 2.77. The summed E-state index contributed by atoms with van der Waals surface area (Å²) in [6.07, 6.45) is -4.38. The first kappa shape index (κ1) is 16.9. The Morgan fingerprint density at radius 3 is 2.45 bits per heavy atom. The molecule has 1 aromatic rings. The molecule has 1 rings (SSSR count). The quantitative estimate of drug-likeness (QED) is 0.875. The van der Waals surface area contributed by atoms with Gasteiger partial charge >= 0.3 is 6.18 Å². The number of likely N-dealkylation sites (N-methyl/N-ethyl adjacent to an activating group) is 1. The van der Waals surface area contributed by atoms with Gasteiger partial charge in [-0.3, -0.25) is 4.90 Å². The molecule has 114 valence electrons. The molecule has 2 N–H and O–H groups in total. The molecule has 6 heteroatoms. The Morgan fingerprint density at radius 2 is 1.90 bits per heavy atom. The summed E-state index contributed by atoms with van der Waals surface area (Å²) in [5.74, 6) is 0. The third-order valence-electron chi connectivity index (χ3n) is 3.31. The highest BCUT2D eigenvalue weighted by atomic mass is 19.4. The van der Waals surface area contributed by atoms with E-state index < -0.39 is 17.8 Å². The van der Waals surface area contributed by atoms with Gasteiger partial charge in [-0.05, 0) is 25.6 Å². The van der Waals surface area contributed by atoms with Crippen molar-refractivity contribution in [3.05, 3.63) is 35.4 Å². The number of alkyl halides is 3. The maximum Gasteiger partial charge on any atom is 0.416 e. The molecule has 0 fully saturated rings. The highest BCUT2D eigenvalue weighted by molar-refractivity contribution is 5.32. The van der Waals surface area contributed by atoms with Crippen LogP contribution in [0.2, 0.25) is 0 Å². The van der Waals surface area contributed by atoms with Crippen LogP contribution in [0.25, 0.3) is 0 Å². The highest BCUT2D eigenvalue weighted by Gasteiger charge is 2.34. The van der Waals surface area contributed by atoms with Gasteiger partial charge in [0.15, 0.2) is 0 Å². The Kier molecular flexibility index (Phi) is 5.98. The van der Waals surface area contributed by atoms with E-state index in [1.807, 2.05) is 18.9 Å². The van der Waals surface area contributed by atoms with Gasteiger partial charge in [-0.1, -0.05) is 18.2 Å². The number of rotatable bonds is 6. The van der Waals surface area contributed by atoms with E-state index in [1.54, 1.807) is 13.2 Å². The Morgan fingerprint density at radius 1 is 1.30 bits per heavy atom. The van der Waals surface area contributed by atoms with Crippen molar-refractivity contribution >= 4 is 0 Å². The van der Waals surface area contributed by atoms with Crippen molar-refractivity contribution in [3.63, 3.8) is 0 Å². The fourth-order valence-corrected chi connectivity index (χ4v) is 2.04. The summed E-state index contributed by atoms with van der Waals surface area (Å²) in [6, 6.07) is 4.83. The van der Waals surface area contributed by atoms with Crippen LogP contribution in [-0.2, 0) is 10.9 Å². The van der Waals surface area contributed by atoms with Crippen molar-refractivity contribution in [1.29, 1.82) is 0 Å². The molecule has 0 aromatic heterocycles. The van der Waals surface area contributed by atoms with Gasteiger partial charge in [0.05, 0.1) is 12.2 Å². The van der Waals surface area contributed by atoms with Crippen LogP contribution in [0.5, 0.6) is 0 Å². The second-order valence-corrected chi connectivity index (χ2v) is 4.94. The molecule has 0 saturated heterocycles. The first-order valence-corrected chi connectivity index (χ1v) is 6.38. The third-order valence-corrected chi connectivity index (χ3v) is 3.31. The van der Waals surface area contributed by atoms with Crippen LogP contribution in [0.3, 0.4) is 0 Å². The Hall–Kier alpha value is -1.11. The van der Waals surface area contributed by atoms with Crippen molar-refractivity contribution in [2.75, 3.05) is 27.3 Å². The molecular weight excluding hydrogens is 269 g/mol. The second-order valence-electron chi connectivity index (χ2n) is 4.94. The van der Waals surface area contributed by atoms with E-state index in [1.165, 1.54) is 12.1 Å². The minimum atomic E-state index is -4.38. The van der Waals surface area contributed by atoms with E-state index in [0.29, 0.717) is 13.2 Å². The van der Waals surface area contributed by atoms with Crippen LogP contribution in [0, 0.1) is 0 Å². The molecule has 0 amide bonds. The average molecular weight is 290 g/mol. The molecule has 0 aliphatic heterocycles. The van der Waals surface area contributed by atoms with Crippen molar-refractivity contribution in [3.8, 4) is 0 Å². The van der Waals surface area contributed by atoms with E-state index in [0.717, 1.165) is 6.07 Å². The third kappa shape index (κ3) is 4.47. The number of hydrogen-bond donors (Lipinski definition) is 1. The van der Waals surface area contributed by atoms with E-state index >= 15 is 0 Å². The monoisotopic (exact) mass is 290 g/mol. The number of nitrogens with two attached hydrogens (primary N) is 1. The minimum Gasteiger partial charge on any atom is -0.383 e. The zero-order valence-electron chi connectivity index (χ0n) is 11.9. The Labute approximate surface area is 117 Å². The van der Waals surface area contributed by atoms with E-state index in [9.17, 15) is 13.2 Å². The van der Waals surface area contributed by atoms with Crippen molar-refractivity contribution in [1.82, 2.24) is 4.90 Å². The van der Waals surface area contributed by atoms with Crippen LogP contribution >= 0.6 is 0 Å². The van der Waals surface area contributed by atoms with Gasteiger partial charge in [0.25, 0.3) is 0 Å². The molecular formula is C14H21F3N2O. The lowest BCUT2D eigenvalue weighted by molar-refractivity contribution is -0.138. The molecule has 0 aliphatic rings. The highest BCUT2D eigenvalue weighted by Crippen LogP contribution is 2.34. The van der Waals surface area contributed by atoms with Gasteiger partial charge < -0.3 is 10.5 Å². The lowest BCUT2D eigenvalue weighted by atomic mass is 10.00. The second kappa shape index (κ2) is 7.06. The van der Waals surface area contributed by atoms with E-state index in [4.69, 9.17) is 10.5 Å². The molecule has 3 nitrogen and oxygen atoms in total. The smallest absolute Gasteiger partial charge is 0.383 e. The van der Waals surface area contributed by atoms with Gasteiger partial charge in [0.1, 0.15) is 0 Å². The molecule has 0 radical (unpaired) electrons. The lowest BCUT2D eigenvalue weighted by Crippen LogP contribution is -2.38. The zero-order chi connectivity index (χ0) is 15.3. The molecule has 0 bridgehead atoms. The number of ether oxygens (including phenoxy) is 1. The summed E-state index contributed by atoms with van der Waals surface area (Å²) >= 11 is 0. The number of methoxy groups -OCH3 is 1. The standard InChI is InChI=1S/C14H21F3N2O/c1-10(9-20-3)19(2)8-13(18)11-6-4-5-7-12(11)14(15,16)17/h4-7,10,13H,8-9,18H2,1-3H3. The molecule has 0 spiro atoms. The molecule has 1 aromatic carbocycles. The molecule has 0 aliphatic carbocycles. The summed E-state index contributed by atoms with van der Waals surface area (Å²) < 4.78 is 43.8. The summed E-state index contributed by atoms with van der Waals surface area (Å²) in [4.78, 5) is 1.89. The number of hydrogen-bond acceptors (Lipinski definition) is 3. The van der Waals surface area contributed by atoms with Gasteiger partial charge in [0.2, 0.25) is 0 Å². The van der Waals surface area contributed by atoms with Crippen LogP contribution in [0.1, 0.15) is 24.1 Å². The van der Waals surface area contributed by atoms with Gasteiger partial charge in [-0.2, -0.15) is 13.2 Å². The van der Waals surface area contributed by atoms with Crippen LogP contribution in [-0.4, -0.2) is 38.3 Å². The Balaban J connectivity index is 2.85. The molecule has 0 saturated carbocycles. The largest absolute Gasteiger partial charge is 0.416 e. The van der Waals surface area contributed by atoms with Crippen molar-refractivity contribution < 1.29 is 17.9 Å². The summed E-state index contributed by atoms with van der Waals surface area (Å²) in [5, 5.41) is 0. The van der Waals surface area contributed by atoms with Crippen molar-refractivity contribution in [2.45, 2.75) is 25.2 Å². The minimum absolute atomic E-state index is 0.0871. The summed E-state index contributed by atoms with van der Waals surface area (Å²) in [7, 11) is 3.41. The predicted octanol–water partition coefficient (Wildman–Crippen LogP) is 2.67. The van der Waals surface area contributed by atoms with Gasteiger partial charge in [-0.25, -0.2) is 0 Å². The fourth-order valence-electron chi connectivity index (χ4n) is 2.04. The summed E-state index contributed by atoms with van der Waals surface area (Å²) in [5.41, 5.74) is 5.40. The number of nitrogens with zero attached hydrogens (tertiary/aromatic N) is 1. The van der Waals surface area contributed by atoms with E-state index in [-0.39, 0.29) is 11.6 Å². The first-order valence-electron chi connectivity index (χ1n) is 6.38. The zero-order valence-corrected chi connectivity index (χ0v) is 11.9. The van der Waals surface area contributed by atoms with Gasteiger partial charge in [-0.15, -0.1) is 0 Å². The lowest BCUT2D eigenvalue weighted by Gasteiger charge is -2.28. The predicted molar refractivity (Wildman–Crippen MR) is 72.3 cm³/mol. The maximum absolute atomic E-state index is 12.9. The Bertz CT molecular complexity index is 423. The van der Waals surface area contributed by atoms with Gasteiger partial charge in [0, 0.05) is 25.7 Å². The number of benzene rings is 1. The number of halogens is 3. The molecule has 2 atom stereocenters. The van der Waals surface area contributed by atoms with Crippen molar-refractivity contribution in [2.24, 2.45) is 5.73 Å². The topological polar surface area (TPSA) is 38.5 Å². The van der Waals surface area contributed by atoms with Crippen LogP contribution < -0.4 is 5.73 Å². The first-order chi connectivity index (χ1) is 9.27.